The minimum atomic E-state index is -1.03. The SMILES string of the molecule is CCCCCCCN(CC(=O)NC)C(=O)O. The highest BCUT2D eigenvalue weighted by Gasteiger charge is 2.14. The van der Waals surface area contributed by atoms with E-state index in [0.717, 1.165) is 24.2 Å². The summed E-state index contributed by atoms with van der Waals surface area (Å²) in [5.41, 5.74) is 0. The van der Waals surface area contributed by atoms with Gasteiger partial charge in [0.05, 0.1) is 0 Å². The van der Waals surface area contributed by atoms with Gasteiger partial charge in [0.2, 0.25) is 5.91 Å². The van der Waals surface area contributed by atoms with Crippen LogP contribution in [0.5, 0.6) is 0 Å². The zero-order valence-electron chi connectivity index (χ0n) is 10.2. The molecule has 0 aromatic rings. The van der Waals surface area contributed by atoms with Gasteiger partial charge >= 0.3 is 6.09 Å². The summed E-state index contributed by atoms with van der Waals surface area (Å²) in [6.07, 6.45) is 4.29. The number of carbonyl (C=O) groups is 2. The molecule has 94 valence electrons. The Morgan fingerprint density at radius 1 is 1.19 bits per heavy atom. The van der Waals surface area contributed by atoms with Crippen molar-refractivity contribution in [2.24, 2.45) is 0 Å². The molecule has 0 aromatic heterocycles. The van der Waals surface area contributed by atoms with E-state index >= 15 is 0 Å². The summed E-state index contributed by atoms with van der Waals surface area (Å²) >= 11 is 0. The predicted molar refractivity (Wildman–Crippen MR) is 62.4 cm³/mol. The van der Waals surface area contributed by atoms with E-state index in [1.165, 1.54) is 19.9 Å². The Kier molecular flexibility index (Phi) is 8.29. The number of carboxylic acid groups (broad SMARTS) is 1. The number of rotatable bonds is 8. The Hall–Kier alpha value is -1.26. The fourth-order valence-corrected chi connectivity index (χ4v) is 1.40. The Bertz CT molecular complexity index is 219. The van der Waals surface area contributed by atoms with E-state index in [1.54, 1.807) is 0 Å². The first-order valence-corrected chi connectivity index (χ1v) is 5.80. The Labute approximate surface area is 96.8 Å². The van der Waals surface area contributed by atoms with Gasteiger partial charge in [0.25, 0.3) is 0 Å². The molecule has 0 radical (unpaired) electrons. The molecule has 0 rings (SSSR count). The second-order valence-electron chi connectivity index (χ2n) is 3.79. The summed E-state index contributed by atoms with van der Waals surface area (Å²) in [4.78, 5) is 23.0. The highest BCUT2D eigenvalue weighted by molar-refractivity contribution is 5.81. The van der Waals surface area contributed by atoms with Crippen LogP contribution in [-0.4, -0.2) is 42.1 Å². The Morgan fingerprint density at radius 3 is 2.31 bits per heavy atom. The normalized spacial score (nSPS) is 9.88. The topological polar surface area (TPSA) is 69.6 Å². The third-order valence-electron chi connectivity index (χ3n) is 2.42. The summed E-state index contributed by atoms with van der Waals surface area (Å²) in [6.45, 7) is 2.50. The van der Waals surface area contributed by atoms with Crippen molar-refractivity contribution in [2.75, 3.05) is 20.1 Å². The lowest BCUT2D eigenvalue weighted by atomic mass is 10.1. The number of carbonyl (C=O) groups excluding carboxylic acids is 1. The highest BCUT2D eigenvalue weighted by Crippen LogP contribution is 2.04. The molecule has 0 heterocycles. The molecule has 0 aliphatic heterocycles. The second-order valence-corrected chi connectivity index (χ2v) is 3.79. The fourth-order valence-electron chi connectivity index (χ4n) is 1.40. The summed E-state index contributed by atoms with van der Waals surface area (Å²) in [5, 5.41) is 11.3. The summed E-state index contributed by atoms with van der Waals surface area (Å²) in [6, 6.07) is 0. The van der Waals surface area contributed by atoms with E-state index in [1.807, 2.05) is 0 Å². The van der Waals surface area contributed by atoms with Crippen molar-refractivity contribution in [2.45, 2.75) is 39.0 Å². The van der Waals surface area contributed by atoms with Gasteiger partial charge < -0.3 is 10.4 Å². The molecule has 0 bridgehead atoms. The van der Waals surface area contributed by atoms with E-state index in [9.17, 15) is 9.59 Å². The zero-order chi connectivity index (χ0) is 12.4. The monoisotopic (exact) mass is 230 g/mol. The standard InChI is InChI=1S/C11H22N2O3/c1-3-4-5-6-7-8-13(11(15)16)9-10(14)12-2/h3-9H2,1-2H3,(H,12,14)(H,15,16). The van der Waals surface area contributed by atoms with Crippen molar-refractivity contribution >= 4 is 12.0 Å². The minimum absolute atomic E-state index is 0.0698. The highest BCUT2D eigenvalue weighted by atomic mass is 16.4. The van der Waals surface area contributed by atoms with Crippen molar-refractivity contribution in [3.8, 4) is 0 Å². The molecule has 0 fully saturated rings. The quantitative estimate of drug-likeness (QED) is 0.623. The van der Waals surface area contributed by atoms with E-state index < -0.39 is 6.09 Å². The molecule has 2 amide bonds. The van der Waals surface area contributed by atoms with Crippen LogP contribution in [0.2, 0.25) is 0 Å². The van der Waals surface area contributed by atoms with Gasteiger partial charge in [-0.1, -0.05) is 32.6 Å². The van der Waals surface area contributed by atoms with Crippen LogP contribution < -0.4 is 5.32 Å². The van der Waals surface area contributed by atoms with Gasteiger partial charge in [-0.05, 0) is 6.42 Å². The van der Waals surface area contributed by atoms with Gasteiger partial charge in [0.15, 0.2) is 0 Å². The van der Waals surface area contributed by atoms with E-state index in [2.05, 4.69) is 12.2 Å². The second kappa shape index (κ2) is 9.00. The molecule has 16 heavy (non-hydrogen) atoms. The molecule has 0 aliphatic rings. The van der Waals surface area contributed by atoms with Crippen molar-refractivity contribution < 1.29 is 14.7 Å². The number of hydrogen-bond donors (Lipinski definition) is 2. The molecule has 0 aliphatic carbocycles. The largest absolute Gasteiger partial charge is 0.465 e. The van der Waals surface area contributed by atoms with Gasteiger partial charge in [0.1, 0.15) is 6.54 Å². The number of unbranched alkanes of at least 4 members (excludes halogenated alkanes) is 4. The van der Waals surface area contributed by atoms with Crippen LogP contribution in [0.25, 0.3) is 0 Å². The van der Waals surface area contributed by atoms with Gasteiger partial charge in [0, 0.05) is 13.6 Å². The molecule has 5 nitrogen and oxygen atoms in total. The maximum absolute atomic E-state index is 11.0. The van der Waals surface area contributed by atoms with Crippen molar-refractivity contribution in [3.05, 3.63) is 0 Å². The molecule has 2 N–H and O–H groups in total. The van der Waals surface area contributed by atoms with Crippen molar-refractivity contribution in [1.82, 2.24) is 10.2 Å². The van der Waals surface area contributed by atoms with Gasteiger partial charge in [-0.15, -0.1) is 0 Å². The lowest BCUT2D eigenvalue weighted by molar-refractivity contribution is -0.121. The van der Waals surface area contributed by atoms with Crippen LogP contribution in [0.3, 0.4) is 0 Å². The van der Waals surface area contributed by atoms with Crippen molar-refractivity contribution in [1.29, 1.82) is 0 Å². The molecular weight excluding hydrogens is 208 g/mol. The van der Waals surface area contributed by atoms with Crippen LogP contribution in [0.15, 0.2) is 0 Å². The zero-order valence-corrected chi connectivity index (χ0v) is 10.2. The minimum Gasteiger partial charge on any atom is -0.465 e. The Morgan fingerprint density at radius 2 is 1.81 bits per heavy atom. The molecule has 0 spiro atoms. The molecular formula is C11H22N2O3. The van der Waals surface area contributed by atoms with Gasteiger partial charge in [-0.2, -0.15) is 0 Å². The maximum atomic E-state index is 11.0. The summed E-state index contributed by atoms with van der Waals surface area (Å²) in [7, 11) is 1.50. The number of hydrogen-bond acceptors (Lipinski definition) is 2. The summed E-state index contributed by atoms with van der Waals surface area (Å²) < 4.78 is 0. The lowest BCUT2D eigenvalue weighted by Crippen LogP contribution is -2.39. The van der Waals surface area contributed by atoms with Crippen LogP contribution >= 0.6 is 0 Å². The van der Waals surface area contributed by atoms with Crippen molar-refractivity contribution in [3.63, 3.8) is 0 Å². The third-order valence-corrected chi connectivity index (χ3v) is 2.42. The predicted octanol–water partition coefficient (Wildman–Crippen LogP) is 1.68. The van der Waals surface area contributed by atoms with E-state index in [-0.39, 0.29) is 12.5 Å². The average Bonchev–Trinajstić information content (AvgIpc) is 2.26. The number of likely N-dealkylation sites (N-methyl/N-ethyl adjacent to an activating group) is 1. The first-order chi connectivity index (χ1) is 7.61. The number of amides is 2. The Balaban J connectivity index is 3.77. The smallest absolute Gasteiger partial charge is 0.407 e. The molecule has 0 unspecified atom stereocenters. The molecule has 5 heteroatoms. The fraction of sp³-hybridized carbons (Fsp3) is 0.818. The van der Waals surface area contributed by atoms with Crippen LogP contribution in [0.4, 0.5) is 4.79 Å². The average molecular weight is 230 g/mol. The maximum Gasteiger partial charge on any atom is 0.407 e. The van der Waals surface area contributed by atoms with E-state index in [0.29, 0.717) is 6.54 Å². The molecule has 0 aromatic carbocycles. The van der Waals surface area contributed by atoms with Crippen LogP contribution in [-0.2, 0) is 4.79 Å². The van der Waals surface area contributed by atoms with Crippen LogP contribution in [0, 0.1) is 0 Å². The summed E-state index contributed by atoms with van der Waals surface area (Å²) in [5.74, 6) is -0.268. The molecule has 0 saturated heterocycles. The first kappa shape index (κ1) is 14.7. The van der Waals surface area contributed by atoms with E-state index in [4.69, 9.17) is 5.11 Å². The first-order valence-electron chi connectivity index (χ1n) is 5.80. The molecule has 0 atom stereocenters. The van der Waals surface area contributed by atoms with Crippen LogP contribution in [0.1, 0.15) is 39.0 Å². The lowest BCUT2D eigenvalue weighted by Gasteiger charge is -2.17. The number of nitrogens with one attached hydrogen (secondary N) is 1. The third kappa shape index (κ3) is 7.09. The number of nitrogens with zero attached hydrogens (tertiary/aromatic N) is 1. The van der Waals surface area contributed by atoms with Gasteiger partial charge in [-0.3, -0.25) is 9.69 Å². The van der Waals surface area contributed by atoms with Gasteiger partial charge in [-0.25, -0.2) is 4.79 Å². The molecule has 0 saturated carbocycles.